The number of benzene rings is 4. The van der Waals surface area contributed by atoms with E-state index < -0.39 is 0 Å². The molecule has 6 aromatic carbocycles. The Hall–Kier alpha value is -2.44. The Labute approximate surface area is 266 Å². The van der Waals surface area contributed by atoms with Crippen molar-refractivity contribution >= 4 is 21.5 Å². The van der Waals surface area contributed by atoms with Gasteiger partial charge in [0.25, 0.3) is 0 Å². The molecule has 0 aromatic heterocycles. The van der Waals surface area contributed by atoms with E-state index in [0.29, 0.717) is 0 Å². The topological polar surface area (TPSA) is 0 Å². The van der Waals surface area contributed by atoms with E-state index in [1.807, 2.05) is 0 Å². The van der Waals surface area contributed by atoms with Crippen molar-refractivity contribution in [3.63, 3.8) is 0 Å². The second-order valence-electron chi connectivity index (χ2n) is 9.12. The number of aryl methyl sites for hydroxylation is 2. The van der Waals surface area contributed by atoms with Gasteiger partial charge in [0.15, 0.2) is 0 Å². The number of rotatable bonds is 3. The molecule has 39 heavy (non-hydrogen) atoms. The van der Waals surface area contributed by atoms with Gasteiger partial charge < -0.3 is 38.7 Å². The predicted octanol–water partition coefficient (Wildman–Crippen LogP) is 4.51. The molecule has 0 radical (unpaired) electrons. The van der Waals surface area contributed by atoms with Crippen molar-refractivity contribution in [1.29, 1.82) is 0 Å². The third kappa shape index (κ3) is 9.04. The molecule has 0 bridgehead atoms. The molecule has 0 spiro atoms. The van der Waals surface area contributed by atoms with Gasteiger partial charge in [-0.15, -0.1) is 69.1 Å². The van der Waals surface area contributed by atoms with E-state index in [4.69, 9.17) is 0 Å². The van der Waals surface area contributed by atoms with E-state index in [1.54, 1.807) is 0 Å². The molecule has 0 amide bonds. The van der Waals surface area contributed by atoms with E-state index in [0.717, 1.165) is 12.8 Å². The molecular weight excluding hydrogens is 595 g/mol. The molecule has 3 heteroatoms. The van der Waals surface area contributed by atoms with Crippen LogP contribution in [0.3, 0.4) is 0 Å². The first-order chi connectivity index (χ1) is 17.6. The van der Waals surface area contributed by atoms with Gasteiger partial charge in [0.1, 0.15) is 0 Å². The van der Waals surface area contributed by atoms with Crippen LogP contribution in [0.5, 0.6) is 0 Å². The Kier molecular flexibility index (Phi) is 15.3. The molecule has 0 unspecified atom stereocenters. The van der Waals surface area contributed by atoms with Crippen molar-refractivity contribution in [2.24, 2.45) is 0 Å². The molecule has 200 valence electrons. The number of unbranched alkanes of at least 4 members (excludes halogenated alkanes) is 1. The quantitative estimate of drug-likeness (QED) is 0.253. The van der Waals surface area contributed by atoms with Crippen molar-refractivity contribution in [2.75, 3.05) is 0 Å². The van der Waals surface area contributed by atoms with Crippen LogP contribution in [0.15, 0.2) is 121 Å². The zero-order chi connectivity index (χ0) is 25.3. The van der Waals surface area contributed by atoms with Crippen LogP contribution in [0.25, 0.3) is 43.8 Å². The molecule has 0 nitrogen and oxygen atoms in total. The molecule has 0 aliphatic heterocycles. The summed E-state index contributed by atoms with van der Waals surface area (Å²) in [5.74, 6) is 0. The van der Waals surface area contributed by atoms with Gasteiger partial charge in [-0.2, -0.15) is 12.1 Å². The van der Waals surface area contributed by atoms with E-state index in [9.17, 15) is 0 Å². The maximum atomic E-state index is 3.54. The molecule has 0 aliphatic carbocycles. The first-order valence-corrected chi connectivity index (χ1v) is 12.6. The molecule has 0 aliphatic rings. The average Bonchev–Trinajstić information content (AvgIpc) is 3.50. The van der Waals surface area contributed by atoms with Gasteiger partial charge in [0, 0.05) is 0 Å². The monoisotopic (exact) mass is 626 g/mol. The second-order valence-corrected chi connectivity index (χ2v) is 9.12. The summed E-state index contributed by atoms with van der Waals surface area (Å²) in [6.45, 7) is 11.4. The summed E-state index contributed by atoms with van der Waals surface area (Å²) in [5, 5.41) is 5.37. The third-order valence-corrected chi connectivity index (χ3v) is 6.21. The largest absolute Gasteiger partial charge is 2.00 e. The zero-order valence-electron chi connectivity index (χ0n) is 22.6. The molecule has 6 rings (SSSR count). The first kappa shape index (κ1) is 34.6. The Morgan fingerprint density at radius 2 is 0.872 bits per heavy atom. The van der Waals surface area contributed by atoms with Crippen LogP contribution >= 0.6 is 0 Å². The van der Waals surface area contributed by atoms with Crippen LogP contribution in [0.2, 0.25) is 0 Å². The van der Waals surface area contributed by atoms with Gasteiger partial charge in [0.2, 0.25) is 0 Å². The summed E-state index contributed by atoms with van der Waals surface area (Å²) in [7, 11) is 0. The fraction of sp³-hybridized carbons (Fsp3) is 0.111. The van der Waals surface area contributed by atoms with Crippen LogP contribution < -0.4 is 24.8 Å². The standard InChI is InChI=1S/2C16H13.C4H8.2ClH.Zr/c2*1-12-10-14-8-5-9-15(16(14)11-12)13-6-3-2-4-7-13;1-3-4-2;;;/h2*2-11H,1H3;1-4H2;2*1H;/q2*-1;-2;;;+2/p-2. The fourth-order valence-corrected chi connectivity index (χ4v) is 4.51. The maximum absolute atomic E-state index is 3.54. The Morgan fingerprint density at radius 3 is 1.21 bits per heavy atom. The third-order valence-electron chi connectivity index (χ3n) is 6.21. The van der Waals surface area contributed by atoms with Gasteiger partial charge in [-0.3, -0.25) is 0 Å². The van der Waals surface area contributed by atoms with E-state index in [-0.39, 0.29) is 51.0 Å². The van der Waals surface area contributed by atoms with Gasteiger partial charge in [-0.05, 0) is 11.1 Å². The summed E-state index contributed by atoms with van der Waals surface area (Å²) in [5.41, 5.74) is 7.89. The van der Waals surface area contributed by atoms with Crippen molar-refractivity contribution < 1.29 is 51.0 Å². The maximum Gasteiger partial charge on any atom is 2.00 e. The van der Waals surface area contributed by atoms with Crippen molar-refractivity contribution in [2.45, 2.75) is 26.7 Å². The number of hydrogen-bond acceptors (Lipinski definition) is 0. The summed E-state index contributed by atoms with van der Waals surface area (Å²) in [6.07, 6.45) is 1.92. The number of halogens is 2. The zero-order valence-corrected chi connectivity index (χ0v) is 26.6. The molecule has 0 fully saturated rings. The van der Waals surface area contributed by atoms with Crippen LogP contribution in [0.1, 0.15) is 24.0 Å². The van der Waals surface area contributed by atoms with Gasteiger partial charge in [-0.25, -0.2) is 12.8 Å². The fourth-order valence-electron chi connectivity index (χ4n) is 4.51. The van der Waals surface area contributed by atoms with Crippen molar-refractivity contribution in [3.05, 3.63) is 146 Å². The van der Waals surface area contributed by atoms with Crippen LogP contribution in [-0.2, 0) is 26.2 Å². The van der Waals surface area contributed by atoms with Crippen molar-refractivity contribution in [3.8, 4) is 22.3 Å². The minimum Gasteiger partial charge on any atom is -1.00 e. The Morgan fingerprint density at radius 1 is 0.513 bits per heavy atom. The average molecular weight is 629 g/mol. The number of fused-ring (bicyclic) bond motifs is 2. The van der Waals surface area contributed by atoms with E-state index in [1.165, 1.54) is 54.9 Å². The SMILES string of the molecule is Cc1cc2c(-c3ccccc3)cccc2[cH-]1.Cc1cc2c(-c3ccccc3)cccc2[cH-]1.[CH2-]CC[CH2-].[Cl-].[Cl-].[Zr+2]. The molecule has 0 saturated carbocycles. The second kappa shape index (κ2) is 17.3. The predicted molar refractivity (Wildman–Crippen MR) is 159 cm³/mol. The number of hydrogen-bond donors (Lipinski definition) is 0. The first-order valence-electron chi connectivity index (χ1n) is 12.6. The molecule has 6 aromatic rings. The van der Waals surface area contributed by atoms with Crippen LogP contribution in [0, 0.1) is 27.7 Å². The Balaban J connectivity index is 0.000000322. The van der Waals surface area contributed by atoms with Crippen LogP contribution in [-0.4, -0.2) is 0 Å². The van der Waals surface area contributed by atoms with Crippen molar-refractivity contribution in [1.82, 2.24) is 0 Å². The smallest absolute Gasteiger partial charge is 1.00 e. The molecule has 0 atom stereocenters. The normalized spacial score (nSPS) is 9.64. The summed E-state index contributed by atoms with van der Waals surface area (Å²) >= 11 is 0. The molecular formula is C36H34Cl2Zr-4. The van der Waals surface area contributed by atoms with E-state index in [2.05, 4.69) is 149 Å². The van der Waals surface area contributed by atoms with Gasteiger partial charge in [-0.1, -0.05) is 97.8 Å². The van der Waals surface area contributed by atoms with Gasteiger partial charge in [0.05, 0.1) is 0 Å². The van der Waals surface area contributed by atoms with E-state index >= 15 is 0 Å². The summed E-state index contributed by atoms with van der Waals surface area (Å²) in [6, 6.07) is 43.1. The van der Waals surface area contributed by atoms with Gasteiger partial charge >= 0.3 is 26.2 Å². The summed E-state index contributed by atoms with van der Waals surface area (Å²) in [4.78, 5) is 0. The Bertz CT molecular complexity index is 1390. The molecule has 0 heterocycles. The van der Waals surface area contributed by atoms with Crippen LogP contribution in [0.4, 0.5) is 0 Å². The summed E-state index contributed by atoms with van der Waals surface area (Å²) < 4.78 is 0. The minimum absolute atomic E-state index is 0. The molecule has 0 N–H and O–H groups in total. The molecule has 0 saturated heterocycles. The minimum atomic E-state index is 0.